The zero-order chi connectivity index (χ0) is 20.2. The molecule has 3 heterocycles. The fraction of sp³-hybridized carbons (Fsp3) is 0.190. The van der Waals surface area contributed by atoms with E-state index in [0.717, 1.165) is 11.1 Å². The van der Waals surface area contributed by atoms with E-state index >= 15 is 0 Å². The van der Waals surface area contributed by atoms with E-state index in [2.05, 4.69) is 15.0 Å². The fourth-order valence-corrected chi connectivity index (χ4v) is 3.80. The van der Waals surface area contributed by atoms with Gasteiger partial charge in [-0.05, 0) is 30.2 Å². The van der Waals surface area contributed by atoms with E-state index in [1.807, 2.05) is 31.2 Å². The molecule has 0 radical (unpaired) electrons. The number of Topliss-reactive ketones (excluding diaryl/α,β-unsaturated/α-hetero) is 1. The molecule has 8 heteroatoms. The Morgan fingerprint density at radius 3 is 2.76 bits per heavy atom. The maximum atomic E-state index is 12.9. The molecule has 0 fully saturated rings. The molecule has 29 heavy (non-hydrogen) atoms. The van der Waals surface area contributed by atoms with Crippen molar-refractivity contribution in [3.63, 3.8) is 0 Å². The number of rotatable bonds is 7. The first-order valence-electron chi connectivity index (χ1n) is 9.05. The minimum Gasteiger partial charge on any atom is -0.467 e. The van der Waals surface area contributed by atoms with Crippen molar-refractivity contribution < 1.29 is 9.21 Å². The number of aromatic nitrogens is 4. The van der Waals surface area contributed by atoms with Crippen LogP contribution in [-0.4, -0.2) is 31.1 Å². The van der Waals surface area contributed by atoms with E-state index < -0.39 is 0 Å². The summed E-state index contributed by atoms with van der Waals surface area (Å²) in [5.41, 5.74) is 2.23. The Labute approximate surface area is 170 Å². The third kappa shape index (κ3) is 4.27. The van der Waals surface area contributed by atoms with Crippen molar-refractivity contribution in [3.8, 4) is 0 Å². The summed E-state index contributed by atoms with van der Waals surface area (Å²) in [5, 5.41) is 0.414. The summed E-state index contributed by atoms with van der Waals surface area (Å²) in [5.74, 6) is 0.873. The van der Waals surface area contributed by atoms with Crippen molar-refractivity contribution >= 4 is 28.7 Å². The summed E-state index contributed by atoms with van der Waals surface area (Å²) in [7, 11) is 0. The highest BCUT2D eigenvalue weighted by atomic mass is 32.2. The molecule has 0 N–H and O–H groups in total. The second-order valence-electron chi connectivity index (χ2n) is 6.52. The fourth-order valence-electron chi connectivity index (χ4n) is 2.95. The molecule has 0 saturated heterocycles. The van der Waals surface area contributed by atoms with E-state index in [-0.39, 0.29) is 34.8 Å². The molecule has 0 amide bonds. The molecule has 0 unspecified atom stereocenters. The van der Waals surface area contributed by atoms with Gasteiger partial charge in [-0.1, -0.05) is 36.0 Å². The average Bonchev–Trinajstić information content (AvgIpc) is 3.24. The van der Waals surface area contributed by atoms with Gasteiger partial charge in [-0.2, -0.15) is 0 Å². The number of hydrogen-bond acceptors (Lipinski definition) is 7. The molecule has 7 nitrogen and oxygen atoms in total. The topological polar surface area (TPSA) is 90.9 Å². The molecule has 0 bridgehead atoms. The molecule has 4 aromatic rings. The van der Waals surface area contributed by atoms with Gasteiger partial charge in [-0.25, -0.2) is 15.0 Å². The molecule has 4 rings (SSSR count). The van der Waals surface area contributed by atoms with Crippen LogP contribution in [0.1, 0.15) is 16.9 Å². The Morgan fingerprint density at radius 2 is 1.97 bits per heavy atom. The maximum absolute atomic E-state index is 12.9. The first kappa shape index (κ1) is 19.1. The molecule has 0 aliphatic rings. The first-order chi connectivity index (χ1) is 14.1. The maximum Gasteiger partial charge on any atom is 0.282 e. The van der Waals surface area contributed by atoms with Gasteiger partial charge in [-0.15, -0.1) is 0 Å². The number of furan rings is 1. The van der Waals surface area contributed by atoms with Gasteiger partial charge in [0, 0.05) is 18.8 Å². The summed E-state index contributed by atoms with van der Waals surface area (Å²) >= 11 is 1.22. The Morgan fingerprint density at radius 1 is 1.14 bits per heavy atom. The van der Waals surface area contributed by atoms with Gasteiger partial charge < -0.3 is 4.42 Å². The Hall–Kier alpha value is -3.26. The molecule has 146 valence electrons. The van der Waals surface area contributed by atoms with Crippen LogP contribution in [0.2, 0.25) is 0 Å². The molecule has 0 atom stereocenters. The van der Waals surface area contributed by atoms with Gasteiger partial charge in [0.25, 0.3) is 5.56 Å². The van der Waals surface area contributed by atoms with Crippen LogP contribution in [0, 0.1) is 6.92 Å². The van der Waals surface area contributed by atoms with Crippen molar-refractivity contribution in [2.45, 2.75) is 25.0 Å². The van der Waals surface area contributed by atoms with Gasteiger partial charge in [0.05, 0.1) is 18.6 Å². The van der Waals surface area contributed by atoms with Crippen LogP contribution in [0.4, 0.5) is 0 Å². The Kier molecular flexibility index (Phi) is 5.53. The normalized spacial score (nSPS) is 11.1. The number of benzene rings is 1. The van der Waals surface area contributed by atoms with Gasteiger partial charge in [0.1, 0.15) is 11.5 Å². The zero-order valence-electron chi connectivity index (χ0n) is 15.7. The summed E-state index contributed by atoms with van der Waals surface area (Å²) in [6, 6.07) is 11.4. The van der Waals surface area contributed by atoms with Crippen LogP contribution in [0.25, 0.3) is 11.2 Å². The molecular formula is C21H18N4O3S. The third-order valence-electron chi connectivity index (χ3n) is 4.46. The van der Waals surface area contributed by atoms with Crippen LogP contribution in [0.5, 0.6) is 0 Å². The lowest BCUT2D eigenvalue weighted by Gasteiger charge is -2.11. The Balaban J connectivity index is 1.61. The molecule has 3 aromatic heterocycles. The smallest absolute Gasteiger partial charge is 0.282 e. The predicted molar refractivity (Wildman–Crippen MR) is 110 cm³/mol. The van der Waals surface area contributed by atoms with Crippen LogP contribution in [0.15, 0.2) is 69.4 Å². The van der Waals surface area contributed by atoms with Gasteiger partial charge in [-0.3, -0.25) is 14.2 Å². The van der Waals surface area contributed by atoms with Crippen LogP contribution < -0.4 is 5.56 Å². The highest BCUT2D eigenvalue weighted by Crippen LogP contribution is 2.19. The van der Waals surface area contributed by atoms with E-state index in [1.165, 1.54) is 28.7 Å². The first-order valence-corrected chi connectivity index (χ1v) is 10.0. The number of aryl methyl sites for hydroxylation is 1. The quantitative estimate of drug-likeness (QED) is 0.344. The van der Waals surface area contributed by atoms with Crippen molar-refractivity contribution in [3.05, 3.63) is 82.3 Å². The average molecular weight is 406 g/mol. The van der Waals surface area contributed by atoms with E-state index in [1.54, 1.807) is 18.4 Å². The predicted octanol–water partition coefficient (Wildman–Crippen LogP) is 3.04. The van der Waals surface area contributed by atoms with Gasteiger partial charge in [0.2, 0.25) is 0 Å². The van der Waals surface area contributed by atoms with Crippen LogP contribution >= 0.6 is 11.8 Å². The van der Waals surface area contributed by atoms with Crippen molar-refractivity contribution in [2.24, 2.45) is 0 Å². The van der Waals surface area contributed by atoms with E-state index in [4.69, 9.17) is 4.42 Å². The minimum atomic E-state index is -0.312. The second-order valence-corrected chi connectivity index (χ2v) is 7.47. The van der Waals surface area contributed by atoms with Gasteiger partial charge in [0.15, 0.2) is 16.3 Å². The standard InChI is InChI=1S/C21H18N4O3S/c1-14-5-2-3-6-15(14)11-16(26)13-29-21-24-19-18(22-8-9-23-19)20(27)25(21)12-17-7-4-10-28-17/h2-10H,11-13H2,1H3. The highest BCUT2D eigenvalue weighted by Gasteiger charge is 2.16. The highest BCUT2D eigenvalue weighted by molar-refractivity contribution is 7.99. The van der Waals surface area contributed by atoms with Crippen LogP contribution in [-0.2, 0) is 17.8 Å². The van der Waals surface area contributed by atoms with Crippen molar-refractivity contribution in [1.29, 1.82) is 0 Å². The number of ketones is 1. The summed E-state index contributed by atoms with van der Waals surface area (Å²) in [4.78, 5) is 38.2. The zero-order valence-corrected chi connectivity index (χ0v) is 16.6. The number of hydrogen-bond donors (Lipinski definition) is 0. The molecule has 1 aromatic carbocycles. The van der Waals surface area contributed by atoms with Gasteiger partial charge >= 0.3 is 0 Å². The molecule has 0 aliphatic heterocycles. The monoisotopic (exact) mass is 406 g/mol. The number of carbonyl (C=O) groups excluding carboxylic acids is 1. The van der Waals surface area contributed by atoms with E-state index in [0.29, 0.717) is 17.3 Å². The third-order valence-corrected chi connectivity index (χ3v) is 5.50. The molecule has 0 aliphatic carbocycles. The summed E-state index contributed by atoms with van der Waals surface area (Å²) in [6.07, 6.45) is 4.84. The minimum absolute atomic E-state index is 0.0577. The SMILES string of the molecule is Cc1ccccc1CC(=O)CSc1nc2nccnc2c(=O)n1Cc1ccco1. The summed E-state index contributed by atoms with van der Waals surface area (Å²) < 4.78 is 6.85. The molecule has 0 spiro atoms. The van der Waals surface area contributed by atoms with Crippen molar-refractivity contribution in [1.82, 2.24) is 19.5 Å². The number of thioether (sulfide) groups is 1. The Bertz CT molecular complexity index is 1220. The lowest BCUT2D eigenvalue weighted by Crippen LogP contribution is -2.25. The van der Waals surface area contributed by atoms with Crippen LogP contribution in [0.3, 0.4) is 0 Å². The van der Waals surface area contributed by atoms with Crippen molar-refractivity contribution in [2.75, 3.05) is 5.75 Å². The summed E-state index contributed by atoms with van der Waals surface area (Å²) in [6.45, 7) is 2.19. The van der Waals surface area contributed by atoms with E-state index in [9.17, 15) is 9.59 Å². The number of carbonyl (C=O) groups is 1. The second kappa shape index (κ2) is 8.40. The number of nitrogens with zero attached hydrogens (tertiary/aromatic N) is 4. The lowest BCUT2D eigenvalue weighted by molar-refractivity contribution is -0.116. The molecule has 0 saturated carbocycles. The number of fused-ring (bicyclic) bond motifs is 1. The molecular weight excluding hydrogens is 388 g/mol. The largest absolute Gasteiger partial charge is 0.467 e. The lowest BCUT2D eigenvalue weighted by atomic mass is 10.0.